The first-order valence-electron chi connectivity index (χ1n) is 3.86. The van der Waals surface area contributed by atoms with Crippen LogP contribution in [0.15, 0.2) is 12.7 Å². The zero-order valence-corrected chi connectivity index (χ0v) is 9.72. The molecule has 0 aliphatic carbocycles. The normalized spacial score (nSPS) is 11.8. The van der Waals surface area contributed by atoms with Crippen LogP contribution in [0.25, 0.3) is 0 Å². The van der Waals surface area contributed by atoms with Gasteiger partial charge in [-0.1, -0.05) is 6.08 Å². The van der Waals surface area contributed by atoms with Crippen LogP contribution in [0.5, 0.6) is 0 Å². The van der Waals surface area contributed by atoms with E-state index in [1.54, 1.807) is 6.08 Å². The second-order valence-corrected chi connectivity index (χ2v) is 3.49. The molecule has 0 N–H and O–H groups in total. The molecule has 66 valence electrons. The number of hydrogen-bond acceptors (Lipinski definition) is 2. The Balaban J connectivity index is 3.29. The third-order valence-corrected chi connectivity index (χ3v) is 2.74. The quantitative estimate of drug-likeness (QED) is 0.334. The number of hydrogen-bond donors (Lipinski definition) is 0. The summed E-state index contributed by atoms with van der Waals surface area (Å²) in [5.74, 6) is 0. The van der Waals surface area contributed by atoms with E-state index < -0.39 is 0 Å². The minimum Gasteiger partial charge on any atom is -0.423 e. The lowest BCUT2D eigenvalue weighted by molar-refractivity contribution is 0.0617. The molecule has 0 aromatic carbocycles. The molecule has 0 atom stereocenters. The summed E-state index contributed by atoms with van der Waals surface area (Å²) in [5, 5.41) is 0. The number of rotatable bonds is 6. The Morgan fingerprint density at radius 1 is 1.55 bits per heavy atom. The summed E-state index contributed by atoms with van der Waals surface area (Å²) in [5.41, 5.74) is -0.00656. The Morgan fingerprint density at radius 3 is 2.64 bits per heavy atom. The first-order valence-corrected chi connectivity index (χ1v) is 4.68. The summed E-state index contributed by atoms with van der Waals surface area (Å²) < 4.78 is 10.6. The molecule has 2 nitrogen and oxygen atoms in total. The van der Waals surface area contributed by atoms with E-state index in [0.29, 0.717) is 6.61 Å². The Bertz CT molecular complexity index is 113. The van der Waals surface area contributed by atoms with Crippen LogP contribution in [0.3, 0.4) is 0 Å². The van der Waals surface area contributed by atoms with Gasteiger partial charge in [0.1, 0.15) is 10.5 Å². The lowest BCUT2D eigenvalue weighted by atomic mass is 10.1. The molecule has 0 fully saturated rings. The molecular formula is C8H18O2Si. The van der Waals surface area contributed by atoms with Crippen molar-refractivity contribution in [2.45, 2.75) is 25.9 Å². The second-order valence-electron chi connectivity index (χ2n) is 3.08. The molecule has 0 aliphatic heterocycles. The van der Waals surface area contributed by atoms with Crippen LogP contribution in [0.2, 0.25) is 0 Å². The first-order chi connectivity index (χ1) is 5.12. The fourth-order valence-corrected chi connectivity index (χ4v) is 0.791. The molecule has 0 unspecified atom stereocenters. The summed E-state index contributed by atoms with van der Waals surface area (Å²) in [4.78, 5) is 0. The van der Waals surface area contributed by atoms with Crippen molar-refractivity contribution >= 4 is 10.5 Å². The van der Waals surface area contributed by atoms with E-state index in [9.17, 15) is 0 Å². The fraction of sp³-hybridized carbons (Fsp3) is 0.750. The number of ether oxygens (including phenoxy) is 1. The van der Waals surface area contributed by atoms with Gasteiger partial charge in [0.2, 0.25) is 0 Å². The van der Waals surface area contributed by atoms with E-state index in [4.69, 9.17) is 9.16 Å². The molecule has 0 amide bonds. The van der Waals surface area contributed by atoms with Crippen molar-refractivity contribution in [3.8, 4) is 0 Å². The zero-order chi connectivity index (χ0) is 8.74. The van der Waals surface area contributed by atoms with Gasteiger partial charge in [-0.15, -0.1) is 6.58 Å². The Labute approximate surface area is 72.1 Å². The molecule has 0 spiro atoms. The van der Waals surface area contributed by atoms with E-state index in [0.717, 1.165) is 23.5 Å². The predicted octanol–water partition coefficient (Wildman–Crippen LogP) is 0.655. The lowest BCUT2D eigenvalue weighted by Gasteiger charge is -2.23. The van der Waals surface area contributed by atoms with Crippen molar-refractivity contribution in [2.24, 2.45) is 0 Å². The van der Waals surface area contributed by atoms with Crippen molar-refractivity contribution in [1.29, 1.82) is 0 Å². The highest BCUT2D eigenvalue weighted by atomic mass is 28.2. The van der Waals surface area contributed by atoms with Crippen LogP contribution in [0, 0.1) is 0 Å². The van der Waals surface area contributed by atoms with Crippen LogP contribution in [0.1, 0.15) is 20.3 Å². The summed E-state index contributed by atoms with van der Waals surface area (Å²) in [7, 11) is 0.791. The molecule has 11 heavy (non-hydrogen) atoms. The van der Waals surface area contributed by atoms with Crippen molar-refractivity contribution in [3.05, 3.63) is 12.7 Å². The Morgan fingerprint density at radius 2 is 2.18 bits per heavy atom. The first kappa shape index (κ1) is 10.9. The van der Waals surface area contributed by atoms with Gasteiger partial charge in [0, 0.05) is 6.61 Å². The summed E-state index contributed by atoms with van der Waals surface area (Å²) in [6, 6.07) is 0. The van der Waals surface area contributed by atoms with E-state index in [1.165, 1.54) is 0 Å². The molecule has 0 aromatic heterocycles. The van der Waals surface area contributed by atoms with Crippen LogP contribution in [0.4, 0.5) is 0 Å². The summed E-state index contributed by atoms with van der Waals surface area (Å²) in [6.07, 6.45) is 2.71. The largest absolute Gasteiger partial charge is 0.423 e. The standard InChI is InChI=1S/C8H18O2Si/c1-4-6-9-7-5-8(2,3)10-11/h4H,1,5-7H2,2-3,11H3. The van der Waals surface area contributed by atoms with E-state index in [1.807, 2.05) is 0 Å². The maximum absolute atomic E-state index is 5.35. The van der Waals surface area contributed by atoms with E-state index in [2.05, 4.69) is 20.4 Å². The SMILES string of the molecule is C=CCOCCC(C)(C)O[SiH3]. The molecule has 0 aliphatic rings. The average molecular weight is 174 g/mol. The van der Waals surface area contributed by atoms with Crippen LogP contribution in [-0.4, -0.2) is 29.3 Å². The van der Waals surface area contributed by atoms with Gasteiger partial charge in [0.25, 0.3) is 0 Å². The summed E-state index contributed by atoms with van der Waals surface area (Å²) in [6.45, 7) is 9.11. The maximum atomic E-state index is 5.35. The van der Waals surface area contributed by atoms with Gasteiger partial charge in [-0.2, -0.15) is 0 Å². The molecule has 3 heteroatoms. The van der Waals surface area contributed by atoms with Crippen LogP contribution >= 0.6 is 0 Å². The van der Waals surface area contributed by atoms with Crippen molar-refractivity contribution < 1.29 is 9.16 Å². The highest BCUT2D eigenvalue weighted by molar-refractivity contribution is 5.98. The third kappa shape index (κ3) is 6.28. The van der Waals surface area contributed by atoms with Gasteiger partial charge in [-0.25, -0.2) is 0 Å². The molecule has 0 heterocycles. The maximum Gasteiger partial charge on any atom is 0.146 e. The average Bonchev–Trinajstić information content (AvgIpc) is 1.99. The second kappa shape index (κ2) is 5.52. The molecule has 0 saturated heterocycles. The van der Waals surface area contributed by atoms with Gasteiger partial charge in [-0.3, -0.25) is 0 Å². The molecule has 0 rings (SSSR count). The predicted molar refractivity (Wildman–Crippen MR) is 50.7 cm³/mol. The Kier molecular flexibility index (Phi) is 5.46. The lowest BCUT2D eigenvalue weighted by Crippen LogP contribution is -2.25. The monoisotopic (exact) mass is 174 g/mol. The van der Waals surface area contributed by atoms with Gasteiger partial charge in [-0.05, 0) is 20.3 Å². The van der Waals surface area contributed by atoms with Gasteiger partial charge >= 0.3 is 0 Å². The molecular weight excluding hydrogens is 156 g/mol. The van der Waals surface area contributed by atoms with Gasteiger partial charge < -0.3 is 9.16 Å². The highest BCUT2D eigenvalue weighted by Crippen LogP contribution is 2.11. The van der Waals surface area contributed by atoms with Crippen LogP contribution in [-0.2, 0) is 9.16 Å². The molecule has 0 saturated carbocycles. The minimum absolute atomic E-state index is 0.00656. The third-order valence-electron chi connectivity index (χ3n) is 1.64. The molecule has 0 radical (unpaired) electrons. The fourth-order valence-electron chi connectivity index (χ4n) is 0.587. The van der Waals surface area contributed by atoms with E-state index in [-0.39, 0.29) is 5.60 Å². The van der Waals surface area contributed by atoms with Gasteiger partial charge in [0.05, 0.1) is 12.2 Å². The van der Waals surface area contributed by atoms with Crippen molar-refractivity contribution in [3.63, 3.8) is 0 Å². The molecule has 0 bridgehead atoms. The zero-order valence-electron chi connectivity index (χ0n) is 7.72. The smallest absolute Gasteiger partial charge is 0.146 e. The topological polar surface area (TPSA) is 18.5 Å². The summed E-state index contributed by atoms with van der Waals surface area (Å²) >= 11 is 0. The Hall–Kier alpha value is -0.123. The molecule has 0 aromatic rings. The van der Waals surface area contributed by atoms with Crippen LogP contribution < -0.4 is 0 Å². The minimum atomic E-state index is -0.00656. The van der Waals surface area contributed by atoms with E-state index >= 15 is 0 Å². The van der Waals surface area contributed by atoms with Gasteiger partial charge in [0.15, 0.2) is 0 Å². The van der Waals surface area contributed by atoms with Crippen molar-refractivity contribution in [1.82, 2.24) is 0 Å². The highest BCUT2D eigenvalue weighted by Gasteiger charge is 2.14. The van der Waals surface area contributed by atoms with Crippen molar-refractivity contribution in [2.75, 3.05) is 13.2 Å².